The number of ether oxygens (including phenoxy) is 2. The molecular formula is C20H23NO4. The Kier molecular flexibility index (Phi) is 2.80. The molecule has 2 bridgehead atoms. The van der Waals surface area contributed by atoms with Gasteiger partial charge in [0.15, 0.2) is 23.0 Å². The zero-order chi connectivity index (χ0) is 17.6. The number of hydrogen-bond donors (Lipinski definition) is 1. The summed E-state index contributed by atoms with van der Waals surface area (Å²) in [5.74, 6) is 1.39. The Labute approximate surface area is 147 Å². The van der Waals surface area contributed by atoms with E-state index in [2.05, 4.69) is 18.0 Å². The number of likely N-dealkylation sites (tertiary alicyclic amines) is 1. The van der Waals surface area contributed by atoms with E-state index < -0.39 is 0 Å². The van der Waals surface area contributed by atoms with Crippen LogP contribution in [-0.4, -0.2) is 49.6 Å². The van der Waals surface area contributed by atoms with Crippen molar-refractivity contribution in [2.75, 3.05) is 27.8 Å². The van der Waals surface area contributed by atoms with Gasteiger partial charge in [-0.2, -0.15) is 0 Å². The van der Waals surface area contributed by atoms with Crippen LogP contribution >= 0.6 is 0 Å². The number of carbonyl (C=O) groups excluding carboxylic acids is 1. The second-order valence-corrected chi connectivity index (χ2v) is 8.24. The SMILES string of the molecule is COC1=CC2C3N(C)CC34Cc3ccc(OC)c(O)c3C2(CC1=O)C4. The third-order valence-electron chi connectivity index (χ3n) is 7.10. The molecule has 4 atom stereocenters. The van der Waals surface area contributed by atoms with Gasteiger partial charge in [0.25, 0.3) is 0 Å². The molecule has 1 saturated carbocycles. The van der Waals surface area contributed by atoms with Gasteiger partial charge in [0.05, 0.1) is 14.2 Å². The van der Waals surface area contributed by atoms with Gasteiger partial charge in [-0.3, -0.25) is 4.79 Å². The molecule has 0 amide bonds. The number of Topliss-reactive ketones (excluding diaryl/α,β-unsaturated/α-hetero) is 1. The molecule has 5 rings (SSSR count). The fraction of sp³-hybridized carbons (Fsp3) is 0.550. The summed E-state index contributed by atoms with van der Waals surface area (Å²) in [6, 6.07) is 4.32. The summed E-state index contributed by atoms with van der Waals surface area (Å²) in [4.78, 5) is 15.1. The van der Waals surface area contributed by atoms with Crippen LogP contribution in [0.2, 0.25) is 0 Å². The van der Waals surface area contributed by atoms with Crippen LogP contribution < -0.4 is 4.74 Å². The maximum atomic E-state index is 12.7. The number of ketones is 1. The maximum Gasteiger partial charge on any atom is 0.197 e. The van der Waals surface area contributed by atoms with Crippen LogP contribution in [0.4, 0.5) is 0 Å². The van der Waals surface area contributed by atoms with E-state index in [4.69, 9.17) is 9.47 Å². The van der Waals surface area contributed by atoms with Crippen LogP contribution in [0.25, 0.3) is 0 Å². The first-order valence-electron chi connectivity index (χ1n) is 8.84. The number of phenols is 1. The van der Waals surface area contributed by atoms with Crippen molar-refractivity contribution in [2.24, 2.45) is 11.3 Å². The lowest BCUT2D eigenvalue weighted by atomic mass is 9.60. The average molecular weight is 341 g/mol. The standard InChI is InChI=1S/C20H23NO4/c1-21-10-19-7-11-4-5-14(24-2)17(23)16(11)20(9-19)8-13(22)15(25-3)6-12(20)18(19)21/h4-6,12,18,23H,7-10H2,1-3H3. The van der Waals surface area contributed by atoms with Crippen molar-refractivity contribution in [3.8, 4) is 11.5 Å². The van der Waals surface area contributed by atoms with E-state index >= 15 is 0 Å². The fourth-order valence-electron chi connectivity index (χ4n) is 6.58. The molecule has 5 nitrogen and oxygen atoms in total. The molecule has 1 aromatic rings. The Morgan fingerprint density at radius 3 is 2.72 bits per heavy atom. The number of aromatic hydroxyl groups is 1. The van der Waals surface area contributed by atoms with E-state index in [1.54, 1.807) is 14.2 Å². The molecule has 0 radical (unpaired) electrons. The summed E-state index contributed by atoms with van der Waals surface area (Å²) in [6.45, 7) is 1.05. The summed E-state index contributed by atoms with van der Waals surface area (Å²) >= 11 is 0. The van der Waals surface area contributed by atoms with E-state index in [0.717, 1.165) is 24.9 Å². The van der Waals surface area contributed by atoms with Crippen LogP contribution in [-0.2, 0) is 21.4 Å². The maximum absolute atomic E-state index is 12.7. The van der Waals surface area contributed by atoms with E-state index in [1.165, 1.54) is 5.56 Å². The van der Waals surface area contributed by atoms with E-state index in [0.29, 0.717) is 24.0 Å². The van der Waals surface area contributed by atoms with Crippen LogP contribution in [0.15, 0.2) is 24.0 Å². The molecule has 25 heavy (non-hydrogen) atoms. The van der Waals surface area contributed by atoms with Gasteiger partial charge >= 0.3 is 0 Å². The number of carbonyl (C=O) groups is 1. The molecule has 1 saturated heterocycles. The lowest BCUT2D eigenvalue weighted by Gasteiger charge is -2.54. The number of rotatable bonds is 2. The smallest absolute Gasteiger partial charge is 0.197 e. The molecule has 1 heterocycles. The molecule has 1 aliphatic heterocycles. The first kappa shape index (κ1) is 15.3. The molecule has 0 aromatic heterocycles. The summed E-state index contributed by atoms with van der Waals surface area (Å²) in [5, 5.41) is 11.0. The number of allylic oxidation sites excluding steroid dienone is 1. The van der Waals surface area contributed by atoms with Gasteiger partial charge < -0.3 is 19.5 Å². The van der Waals surface area contributed by atoms with E-state index in [9.17, 15) is 9.90 Å². The van der Waals surface area contributed by atoms with Crippen molar-refractivity contribution < 1.29 is 19.4 Å². The molecular weight excluding hydrogens is 318 g/mol. The highest BCUT2D eigenvalue weighted by Gasteiger charge is 2.71. The van der Waals surface area contributed by atoms with Gasteiger partial charge in [-0.25, -0.2) is 0 Å². The van der Waals surface area contributed by atoms with Gasteiger partial charge in [-0.15, -0.1) is 0 Å². The predicted molar refractivity (Wildman–Crippen MR) is 91.7 cm³/mol. The minimum Gasteiger partial charge on any atom is -0.504 e. The van der Waals surface area contributed by atoms with Crippen molar-refractivity contribution in [3.05, 3.63) is 35.1 Å². The van der Waals surface area contributed by atoms with Gasteiger partial charge in [0.2, 0.25) is 0 Å². The van der Waals surface area contributed by atoms with Crippen molar-refractivity contribution in [1.82, 2.24) is 4.90 Å². The average Bonchev–Trinajstić information content (AvgIpc) is 2.74. The second-order valence-electron chi connectivity index (χ2n) is 8.24. The van der Waals surface area contributed by atoms with Crippen LogP contribution in [0.3, 0.4) is 0 Å². The van der Waals surface area contributed by atoms with Crippen LogP contribution in [0.1, 0.15) is 24.0 Å². The first-order chi connectivity index (χ1) is 12.0. The molecule has 2 fully saturated rings. The molecule has 2 spiro atoms. The number of nitrogens with zero attached hydrogens (tertiary/aromatic N) is 1. The summed E-state index contributed by atoms with van der Waals surface area (Å²) in [5.41, 5.74) is 1.96. The molecule has 3 aliphatic carbocycles. The Hall–Kier alpha value is -2.01. The third-order valence-corrected chi connectivity index (χ3v) is 7.10. The number of phenolic OH excluding ortho intramolecular Hbond substituents is 1. The quantitative estimate of drug-likeness (QED) is 0.892. The third kappa shape index (κ3) is 1.61. The Morgan fingerprint density at radius 2 is 2.04 bits per heavy atom. The van der Waals surface area contributed by atoms with Gasteiger partial charge in [-0.05, 0) is 37.6 Å². The highest BCUT2D eigenvalue weighted by molar-refractivity contribution is 5.96. The molecule has 1 aromatic carbocycles. The largest absolute Gasteiger partial charge is 0.504 e. The van der Waals surface area contributed by atoms with Crippen LogP contribution in [0, 0.1) is 11.3 Å². The monoisotopic (exact) mass is 341 g/mol. The van der Waals surface area contributed by atoms with Crippen molar-refractivity contribution in [3.63, 3.8) is 0 Å². The number of methoxy groups -OCH3 is 2. The fourth-order valence-corrected chi connectivity index (χ4v) is 6.58. The predicted octanol–water partition coefficient (Wildman–Crippen LogP) is 2.02. The molecule has 5 heteroatoms. The summed E-state index contributed by atoms with van der Waals surface area (Å²) < 4.78 is 10.7. The van der Waals surface area contributed by atoms with Crippen LogP contribution in [0.5, 0.6) is 11.5 Å². The molecule has 4 aliphatic rings. The minimum absolute atomic E-state index is 0.0351. The highest BCUT2D eigenvalue weighted by atomic mass is 16.5. The van der Waals surface area contributed by atoms with E-state index in [1.807, 2.05) is 12.1 Å². The lowest BCUT2D eigenvalue weighted by molar-refractivity contribution is -0.121. The number of hydrogen-bond acceptors (Lipinski definition) is 5. The normalized spacial score (nSPS) is 38.2. The highest BCUT2D eigenvalue weighted by Crippen LogP contribution is 2.70. The zero-order valence-corrected chi connectivity index (χ0v) is 14.8. The van der Waals surface area contributed by atoms with Crippen molar-refractivity contribution in [1.29, 1.82) is 0 Å². The lowest BCUT2D eigenvalue weighted by Crippen LogP contribution is -2.62. The number of fused-ring (bicyclic) bond motifs is 2. The zero-order valence-electron chi connectivity index (χ0n) is 14.8. The molecule has 4 unspecified atom stereocenters. The van der Waals surface area contributed by atoms with E-state index in [-0.39, 0.29) is 28.3 Å². The summed E-state index contributed by atoms with van der Waals surface area (Å²) in [6.07, 6.45) is 4.34. The molecule has 1 N–H and O–H groups in total. The van der Waals surface area contributed by atoms with Gasteiger partial charge in [0.1, 0.15) is 0 Å². The minimum atomic E-state index is -0.346. The topological polar surface area (TPSA) is 59.0 Å². The van der Waals surface area contributed by atoms with Crippen molar-refractivity contribution >= 4 is 5.78 Å². The Morgan fingerprint density at radius 1 is 1.24 bits per heavy atom. The second kappa shape index (κ2) is 4.58. The Balaban J connectivity index is 1.78. The summed E-state index contributed by atoms with van der Waals surface area (Å²) in [7, 11) is 5.30. The van der Waals surface area contributed by atoms with Crippen molar-refractivity contribution in [2.45, 2.75) is 30.7 Å². The van der Waals surface area contributed by atoms with Gasteiger partial charge in [-0.1, -0.05) is 6.07 Å². The van der Waals surface area contributed by atoms with Gasteiger partial charge in [0, 0.05) is 41.3 Å². The molecule has 132 valence electrons. The number of benzene rings is 1. The Bertz CT molecular complexity index is 831. The first-order valence-corrected chi connectivity index (χ1v) is 8.84.